The van der Waals surface area contributed by atoms with Gasteiger partial charge in [0.25, 0.3) is 0 Å². The van der Waals surface area contributed by atoms with E-state index in [9.17, 15) is 18.3 Å². The van der Waals surface area contributed by atoms with Gasteiger partial charge >= 0.3 is 6.18 Å². The number of phenolic OH excluding ortho intramolecular Hbond substituents is 1. The fourth-order valence-electron chi connectivity index (χ4n) is 3.31. The van der Waals surface area contributed by atoms with Gasteiger partial charge in [-0.05, 0) is 42.3 Å². The number of anilines is 1. The topological polar surface area (TPSA) is 58.0 Å². The summed E-state index contributed by atoms with van der Waals surface area (Å²) in [6, 6.07) is 14.9. The minimum absolute atomic E-state index is 0.0878. The van der Waals surface area contributed by atoms with E-state index in [0.717, 1.165) is 23.1 Å². The highest BCUT2D eigenvalue weighted by Crippen LogP contribution is 2.38. The molecule has 0 fully saturated rings. The van der Waals surface area contributed by atoms with E-state index in [2.05, 4.69) is 15.3 Å². The van der Waals surface area contributed by atoms with Gasteiger partial charge in [-0.3, -0.25) is 4.98 Å². The van der Waals surface area contributed by atoms with Crippen LogP contribution >= 0.6 is 0 Å². The van der Waals surface area contributed by atoms with Gasteiger partial charge in [0.15, 0.2) is 0 Å². The first-order valence-electron chi connectivity index (χ1n) is 9.26. The van der Waals surface area contributed by atoms with Crippen molar-refractivity contribution < 1.29 is 18.3 Å². The fourth-order valence-corrected chi connectivity index (χ4v) is 3.31. The molecule has 0 saturated carbocycles. The number of hydrogen-bond donors (Lipinski definition) is 2. The molecule has 2 N–H and O–H groups in total. The maximum absolute atomic E-state index is 13.3. The SMILES string of the molecule is Cc1ccc(NC(c2cccc(C(F)(F)F)c2)c2ccc3cccnc3c2O)nc1. The molecular formula is C23H18F3N3O. The fraction of sp³-hybridized carbons (Fsp3) is 0.130. The van der Waals surface area contributed by atoms with Gasteiger partial charge in [0.05, 0.1) is 11.6 Å². The zero-order valence-electron chi connectivity index (χ0n) is 16.0. The van der Waals surface area contributed by atoms with Crippen LogP contribution in [0.1, 0.15) is 28.3 Å². The first-order valence-corrected chi connectivity index (χ1v) is 9.26. The number of aromatic nitrogens is 2. The van der Waals surface area contributed by atoms with Crippen molar-refractivity contribution in [2.75, 3.05) is 5.32 Å². The van der Waals surface area contributed by atoms with E-state index >= 15 is 0 Å². The summed E-state index contributed by atoms with van der Waals surface area (Å²) >= 11 is 0. The number of aryl methyl sites for hydroxylation is 1. The molecule has 0 spiro atoms. The molecule has 0 radical (unpaired) electrons. The van der Waals surface area contributed by atoms with Crippen molar-refractivity contribution >= 4 is 16.7 Å². The van der Waals surface area contributed by atoms with Gasteiger partial charge in [-0.15, -0.1) is 0 Å². The second-order valence-electron chi connectivity index (χ2n) is 7.00. The summed E-state index contributed by atoms with van der Waals surface area (Å²) in [6.07, 6.45) is -1.26. The smallest absolute Gasteiger partial charge is 0.416 e. The number of nitrogens with zero attached hydrogens (tertiary/aromatic N) is 2. The van der Waals surface area contributed by atoms with Crippen LogP contribution < -0.4 is 5.32 Å². The molecule has 7 heteroatoms. The maximum atomic E-state index is 13.3. The highest BCUT2D eigenvalue weighted by molar-refractivity contribution is 5.86. The third kappa shape index (κ3) is 3.91. The summed E-state index contributed by atoms with van der Waals surface area (Å²) in [7, 11) is 0. The Morgan fingerprint density at radius 3 is 2.53 bits per heavy atom. The Hall–Kier alpha value is -3.61. The van der Waals surface area contributed by atoms with E-state index in [4.69, 9.17) is 0 Å². The Labute approximate surface area is 171 Å². The molecule has 152 valence electrons. The minimum Gasteiger partial charge on any atom is -0.505 e. The van der Waals surface area contributed by atoms with Crippen LogP contribution in [-0.4, -0.2) is 15.1 Å². The van der Waals surface area contributed by atoms with Gasteiger partial charge in [-0.2, -0.15) is 13.2 Å². The van der Waals surface area contributed by atoms with Gasteiger partial charge in [0.2, 0.25) is 0 Å². The number of phenols is 1. The molecule has 2 heterocycles. The number of alkyl halides is 3. The molecule has 0 aliphatic carbocycles. The van der Waals surface area contributed by atoms with E-state index < -0.39 is 17.8 Å². The van der Waals surface area contributed by atoms with Crippen molar-refractivity contribution in [2.24, 2.45) is 0 Å². The number of aromatic hydroxyl groups is 1. The van der Waals surface area contributed by atoms with E-state index in [1.54, 1.807) is 48.8 Å². The largest absolute Gasteiger partial charge is 0.505 e. The van der Waals surface area contributed by atoms with Crippen molar-refractivity contribution in [1.29, 1.82) is 0 Å². The van der Waals surface area contributed by atoms with Gasteiger partial charge in [-0.25, -0.2) is 4.98 Å². The Morgan fingerprint density at radius 1 is 0.967 bits per heavy atom. The molecule has 4 aromatic rings. The lowest BCUT2D eigenvalue weighted by atomic mass is 9.95. The van der Waals surface area contributed by atoms with Crippen molar-refractivity contribution in [1.82, 2.24) is 9.97 Å². The van der Waals surface area contributed by atoms with Crippen molar-refractivity contribution in [3.05, 3.63) is 95.3 Å². The Balaban J connectivity index is 1.86. The minimum atomic E-state index is -4.48. The first-order chi connectivity index (χ1) is 14.3. The Kier molecular flexibility index (Phi) is 5.03. The zero-order chi connectivity index (χ0) is 21.3. The predicted molar refractivity (Wildman–Crippen MR) is 109 cm³/mol. The van der Waals surface area contributed by atoms with Crippen LogP contribution in [-0.2, 0) is 6.18 Å². The standard InChI is InChI=1S/C23H18F3N3O/c1-14-7-10-19(28-13-14)29-20(16-4-2-6-17(12-16)23(24,25)26)18-9-8-15-5-3-11-27-21(15)22(18)30/h2-13,20,30H,1H3,(H,28,29). The highest BCUT2D eigenvalue weighted by Gasteiger charge is 2.31. The van der Waals surface area contributed by atoms with Crippen molar-refractivity contribution in [2.45, 2.75) is 19.1 Å². The molecule has 4 nitrogen and oxygen atoms in total. The second kappa shape index (κ2) is 7.67. The van der Waals surface area contributed by atoms with Crippen LogP contribution in [0.2, 0.25) is 0 Å². The van der Waals surface area contributed by atoms with Crippen molar-refractivity contribution in [3.63, 3.8) is 0 Å². The summed E-state index contributed by atoms with van der Waals surface area (Å²) in [4.78, 5) is 8.52. The van der Waals surface area contributed by atoms with Crippen LogP contribution in [0, 0.1) is 6.92 Å². The average molecular weight is 409 g/mol. The average Bonchev–Trinajstić information content (AvgIpc) is 2.74. The van der Waals surface area contributed by atoms with Crippen LogP contribution in [0.5, 0.6) is 5.75 Å². The lowest BCUT2D eigenvalue weighted by molar-refractivity contribution is -0.137. The van der Waals surface area contributed by atoms with Crippen LogP contribution in [0.15, 0.2) is 73.1 Å². The number of halogens is 3. The third-order valence-corrected chi connectivity index (χ3v) is 4.84. The lowest BCUT2D eigenvalue weighted by Crippen LogP contribution is -2.15. The highest BCUT2D eigenvalue weighted by atomic mass is 19.4. The molecule has 2 aromatic carbocycles. The number of benzene rings is 2. The number of nitrogens with one attached hydrogen (secondary N) is 1. The van der Waals surface area contributed by atoms with Crippen molar-refractivity contribution in [3.8, 4) is 5.75 Å². The Bertz CT molecular complexity index is 1190. The second-order valence-corrected chi connectivity index (χ2v) is 7.00. The molecule has 0 aliphatic heterocycles. The summed E-state index contributed by atoms with van der Waals surface area (Å²) in [5, 5.41) is 14.8. The number of fused-ring (bicyclic) bond motifs is 1. The molecule has 0 bridgehead atoms. The molecule has 0 aliphatic rings. The molecule has 30 heavy (non-hydrogen) atoms. The van der Waals surface area contributed by atoms with Gasteiger partial charge < -0.3 is 10.4 Å². The number of hydrogen-bond acceptors (Lipinski definition) is 4. The van der Waals surface area contributed by atoms with E-state index in [-0.39, 0.29) is 5.75 Å². The lowest BCUT2D eigenvalue weighted by Gasteiger charge is -2.23. The Morgan fingerprint density at radius 2 is 1.80 bits per heavy atom. The summed E-state index contributed by atoms with van der Waals surface area (Å²) in [5.74, 6) is 0.388. The van der Waals surface area contributed by atoms with E-state index in [1.165, 1.54) is 6.07 Å². The molecule has 2 aromatic heterocycles. The molecule has 0 amide bonds. The van der Waals surface area contributed by atoms with Crippen LogP contribution in [0.4, 0.5) is 19.0 Å². The maximum Gasteiger partial charge on any atom is 0.416 e. The van der Waals surface area contributed by atoms with Gasteiger partial charge in [0.1, 0.15) is 17.1 Å². The monoisotopic (exact) mass is 409 g/mol. The van der Waals surface area contributed by atoms with Crippen LogP contribution in [0.25, 0.3) is 10.9 Å². The zero-order valence-corrected chi connectivity index (χ0v) is 16.0. The molecule has 4 rings (SSSR count). The predicted octanol–water partition coefficient (Wildman–Crippen LogP) is 5.86. The quantitative estimate of drug-likeness (QED) is 0.443. The molecule has 0 saturated heterocycles. The van der Waals surface area contributed by atoms with E-state index in [0.29, 0.717) is 22.5 Å². The molecule has 1 atom stereocenters. The van der Waals surface area contributed by atoms with Gasteiger partial charge in [-0.1, -0.05) is 36.4 Å². The normalized spacial score (nSPS) is 12.7. The van der Waals surface area contributed by atoms with E-state index in [1.807, 2.05) is 13.0 Å². The number of pyridine rings is 2. The van der Waals surface area contributed by atoms with Gasteiger partial charge in [0, 0.05) is 23.3 Å². The molecule has 1 unspecified atom stereocenters. The third-order valence-electron chi connectivity index (χ3n) is 4.84. The summed E-state index contributed by atoms with van der Waals surface area (Å²) in [5.41, 5.74) is 1.32. The van der Waals surface area contributed by atoms with Crippen LogP contribution in [0.3, 0.4) is 0 Å². The summed E-state index contributed by atoms with van der Waals surface area (Å²) in [6.45, 7) is 1.89. The summed E-state index contributed by atoms with van der Waals surface area (Å²) < 4.78 is 39.9. The first kappa shape index (κ1) is 19.7. The number of rotatable bonds is 4. The molecular weight excluding hydrogens is 391 g/mol.